The number of rotatable bonds is 6. The quantitative estimate of drug-likeness (QED) is 0.629. The maximum atomic E-state index is 12.8. The molecule has 1 aliphatic rings. The molecule has 1 fully saturated rings. The molecule has 1 amide bonds. The number of hydrogen-bond acceptors (Lipinski definition) is 5. The Labute approximate surface area is 182 Å². The third-order valence-electron chi connectivity index (χ3n) is 5.45. The van der Waals surface area contributed by atoms with Gasteiger partial charge in [-0.05, 0) is 39.2 Å². The minimum absolute atomic E-state index is 0.0143. The summed E-state index contributed by atoms with van der Waals surface area (Å²) in [6.45, 7) is 6.64. The number of amides is 1. The van der Waals surface area contributed by atoms with Crippen LogP contribution in [0.1, 0.15) is 40.3 Å². The van der Waals surface area contributed by atoms with Gasteiger partial charge in [0.2, 0.25) is 5.91 Å². The van der Waals surface area contributed by atoms with Crippen LogP contribution in [0.25, 0.3) is 11.3 Å². The van der Waals surface area contributed by atoms with E-state index in [1.54, 1.807) is 11.3 Å². The van der Waals surface area contributed by atoms with Gasteiger partial charge in [-0.2, -0.15) is 0 Å². The van der Waals surface area contributed by atoms with Crippen LogP contribution in [0.15, 0.2) is 42.6 Å². The molecule has 1 saturated heterocycles. The molecule has 5 nitrogen and oxygen atoms in total. The number of benzene rings is 1. The molecule has 1 aliphatic heterocycles. The highest BCUT2D eigenvalue weighted by atomic mass is 32.1. The number of thiazole rings is 1. The Bertz CT molecular complexity index is 1010. The molecule has 156 valence electrons. The number of carbonyl (C=O) groups excluding carboxylic acids is 1. The summed E-state index contributed by atoms with van der Waals surface area (Å²) in [6.07, 6.45) is 5.87. The number of hydrogen-bond donors (Lipinski definition) is 1. The summed E-state index contributed by atoms with van der Waals surface area (Å²) < 4.78 is 0. The van der Waals surface area contributed by atoms with Crippen LogP contribution in [0.2, 0.25) is 0 Å². The number of nitrogens with one attached hydrogen (secondary N) is 1. The van der Waals surface area contributed by atoms with Gasteiger partial charge in [0.15, 0.2) is 0 Å². The third-order valence-corrected chi connectivity index (χ3v) is 6.42. The third kappa shape index (κ3) is 4.87. The first kappa shape index (κ1) is 20.5. The number of carbonyl (C=O) groups is 1. The van der Waals surface area contributed by atoms with Crippen molar-refractivity contribution in [1.29, 1.82) is 0 Å². The van der Waals surface area contributed by atoms with Gasteiger partial charge >= 0.3 is 0 Å². The van der Waals surface area contributed by atoms with Crippen LogP contribution in [0.3, 0.4) is 0 Å². The van der Waals surface area contributed by atoms with Crippen molar-refractivity contribution in [3.8, 4) is 11.3 Å². The lowest BCUT2D eigenvalue weighted by Crippen LogP contribution is -2.32. The maximum absolute atomic E-state index is 12.8. The molecule has 0 spiro atoms. The summed E-state index contributed by atoms with van der Waals surface area (Å²) in [5.74, 6) is 1.02. The van der Waals surface area contributed by atoms with Crippen molar-refractivity contribution < 1.29 is 4.79 Å². The number of nitrogens with zero attached hydrogens (tertiary/aromatic N) is 3. The van der Waals surface area contributed by atoms with Crippen LogP contribution in [0, 0.1) is 13.8 Å². The number of aryl methyl sites for hydroxylation is 2. The van der Waals surface area contributed by atoms with Gasteiger partial charge in [-0.3, -0.25) is 4.79 Å². The Hall–Kier alpha value is -2.73. The zero-order valence-electron chi connectivity index (χ0n) is 17.6. The van der Waals surface area contributed by atoms with E-state index in [4.69, 9.17) is 0 Å². The Kier molecular flexibility index (Phi) is 6.43. The molecule has 2 aromatic heterocycles. The number of piperidine rings is 1. The zero-order chi connectivity index (χ0) is 20.9. The molecule has 0 atom stereocenters. The van der Waals surface area contributed by atoms with Crippen LogP contribution in [-0.2, 0) is 17.8 Å². The lowest BCUT2D eigenvalue weighted by Gasteiger charge is -2.29. The van der Waals surface area contributed by atoms with E-state index in [1.165, 1.54) is 24.8 Å². The molecule has 3 heterocycles. The van der Waals surface area contributed by atoms with Crippen LogP contribution in [-0.4, -0.2) is 29.0 Å². The maximum Gasteiger partial charge on any atom is 0.225 e. The van der Waals surface area contributed by atoms with Crippen LogP contribution in [0.5, 0.6) is 0 Å². The first-order chi connectivity index (χ1) is 14.6. The molecule has 30 heavy (non-hydrogen) atoms. The van der Waals surface area contributed by atoms with Crippen molar-refractivity contribution in [2.24, 2.45) is 0 Å². The van der Waals surface area contributed by atoms with E-state index >= 15 is 0 Å². The van der Waals surface area contributed by atoms with E-state index in [1.807, 2.05) is 19.2 Å². The highest BCUT2D eigenvalue weighted by Crippen LogP contribution is 2.29. The zero-order valence-corrected chi connectivity index (χ0v) is 18.5. The molecule has 0 aliphatic carbocycles. The summed E-state index contributed by atoms with van der Waals surface area (Å²) in [4.78, 5) is 25.4. The smallest absolute Gasteiger partial charge is 0.225 e. The van der Waals surface area contributed by atoms with Crippen molar-refractivity contribution in [2.75, 3.05) is 18.0 Å². The number of pyridine rings is 1. The minimum atomic E-state index is 0.0143. The second-order valence-corrected chi connectivity index (χ2v) is 9.15. The largest absolute Gasteiger partial charge is 0.356 e. The molecule has 1 aromatic carbocycles. The van der Waals surface area contributed by atoms with Crippen molar-refractivity contribution in [1.82, 2.24) is 15.3 Å². The lowest BCUT2D eigenvalue weighted by atomic mass is 10.1. The van der Waals surface area contributed by atoms with Gasteiger partial charge in [0.25, 0.3) is 0 Å². The van der Waals surface area contributed by atoms with Crippen molar-refractivity contribution >= 4 is 23.1 Å². The Morgan fingerprint density at radius 3 is 2.63 bits per heavy atom. The molecule has 0 unspecified atom stereocenters. The van der Waals surface area contributed by atoms with Crippen LogP contribution in [0.4, 0.5) is 5.82 Å². The molecule has 4 rings (SSSR count). The van der Waals surface area contributed by atoms with E-state index in [9.17, 15) is 4.79 Å². The fourth-order valence-electron chi connectivity index (χ4n) is 3.89. The van der Waals surface area contributed by atoms with E-state index in [0.717, 1.165) is 45.6 Å². The average molecular weight is 421 g/mol. The van der Waals surface area contributed by atoms with Crippen LogP contribution < -0.4 is 10.2 Å². The topological polar surface area (TPSA) is 58.1 Å². The monoisotopic (exact) mass is 420 g/mol. The van der Waals surface area contributed by atoms with Crippen molar-refractivity contribution in [3.63, 3.8) is 0 Å². The fraction of sp³-hybridized carbons (Fsp3) is 0.375. The van der Waals surface area contributed by atoms with Gasteiger partial charge in [0.1, 0.15) is 5.82 Å². The molecule has 3 aromatic rings. The Morgan fingerprint density at radius 1 is 1.10 bits per heavy atom. The number of anilines is 1. The average Bonchev–Trinajstić information content (AvgIpc) is 3.13. The van der Waals surface area contributed by atoms with E-state index in [0.29, 0.717) is 13.0 Å². The standard InChI is InChI=1S/C24H28N4OS/c1-17-8-10-19(11-9-17)23-21(30-18(2)27-23)15-22(29)26-16-20-7-6-12-25-24(20)28-13-4-3-5-14-28/h6-12H,3-5,13-16H2,1-2H3,(H,26,29). The predicted molar refractivity (Wildman–Crippen MR) is 123 cm³/mol. The molecule has 0 bridgehead atoms. The van der Waals surface area contributed by atoms with Gasteiger partial charge in [0.05, 0.1) is 17.1 Å². The SMILES string of the molecule is Cc1ccc(-c2nc(C)sc2CC(=O)NCc2cccnc2N2CCCCC2)cc1. The van der Waals surface area contributed by atoms with E-state index < -0.39 is 0 Å². The molecule has 6 heteroatoms. The van der Waals surface area contributed by atoms with Crippen LogP contribution >= 0.6 is 11.3 Å². The van der Waals surface area contributed by atoms with Gasteiger partial charge in [-0.1, -0.05) is 35.9 Å². The van der Waals surface area contributed by atoms with Gasteiger partial charge in [-0.25, -0.2) is 9.97 Å². The molecular weight excluding hydrogens is 392 g/mol. The second-order valence-electron chi connectivity index (χ2n) is 7.86. The highest BCUT2D eigenvalue weighted by Gasteiger charge is 2.17. The lowest BCUT2D eigenvalue weighted by molar-refractivity contribution is -0.120. The Morgan fingerprint density at radius 2 is 1.87 bits per heavy atom. The summed E-state index contributed by atoms with van der Waals surface area (Å²) in [5, 5.41) is 4.08. The van der Waals surface area contributed by atoms with E-state index in [-0.39, 0.29) is 5.91 Å². The highest BCUT2D eigenvalue weighted by molar-refractivity contribution is 7.12. The number of aromatic nitrogens is 2. The first-order valence-corrected chi connectivity index (χ1v) is 11.4. The van der Waals surface area contributed by atoms with Crippen molar-refractivity contribution in [2.45, 2.75) is 46.1 Å². The van der Waals surface area contributed by atoms with Crippen molar-refractivity contribution in [3.05, 3.63) is 63.6 Å². The molecule has 0 saturated carbocycles. The second kappa shape index (κ2) is 9.39. The van der Waals surface area contributed by atoms with Gasteiger partial charge in [0, 0.05) is 41.8 Å². The summed E-state index contributed by atoms with van der Waals surface area (Å²) >= 11 is 1.60. The summed E-state index contributed by atoms with van der Waals surface area (Å²) in [5.41, 5.74) is 4.27. The van der Waals surface area contributed by atoms with Gasteiger partial charge < -0.3 is 10.2 Å². The van der Waals surface area contributed by atoms with Gasteiger partial charge in [-0.15, -0.1) is 11.3 Å². The normalized spacial score (nSPS) is 14.0. The summed E-state index contributed by atoms with van der Waals surface area (Å²) in [6, 6.07) is 12.3. The molecular formula is C24H28N4OS. The summed E-state index contributed by atoms with van der Waals surface area (Å²) in [7, 11) is 0. The minimum Gasteiger partial charge on any atom is -0.356 e. The Balaban J connectivity index is 1.44. The fourth-order valence-corrected chi connectivity index (χ4v) is 4.84. The molecule has 0 radical (unpaired) electrons. The molecule has 1 N–H and O–H groups in total. The predicted octanol–water partition coefficient (Wildman–Crippen LogP) is 4.67. The van der Waals surface area contributed by atoms with E-state index in [2.05, 4.69) is 57.4 Å². The first-order valence-electron chi connectivity index (χ1n) is 10.6.